The van der Waals surface area contributed by atoms with Gasteiger partial charge in [0.1, 0.15) is 17.5 Å². The second-order valence-corrected chi connectivity index (χ2v) is 5.59. The van der Waals surface area contributed by atoms with Crippen LogP contribution in [0.5, 0.6) is 0 Å². The van der Waals surface area contributed by atoms with E-state index in [2.05, 4.69) is 0 Å². The van der Waals surface area contributed by atoms with Crippen molar-refractivity contribution in [3.63, 3.8) is 0 Å². The Balaban J connectivity index is 2.47. The average molecular weight is 281 g/mol. The van der Waals surface area contributed by atoms with Gasteiger partial charge in [-0.05, 0) is 0 Å². The zero-order valence-electron chi connectivity index (χ0n) is 9.20. The molecule has 18 heavy (non-hydrogen) atoms. The van der Waals surface area contributed by atoms with Crippen molar-refractivity contribution in [3.8, 4) is 0 Å². The van der Waals surface area contributed by atoms with Crippen LogP contribution in [0, 0.1) is 17.5 Å². The Morgan fingerprint density at radius 1 is 1.06 bits per heavy atom. The van der Waals surface area contributed by atoms with Crippen LogP contribution in [-0.4, -0.2) is 39.0 Å². The minimum absolute atomic E-state index is 0.0125. The first kappa shape index (κ1) is 13.3. The molecule has 0 spiro atoms. The van der Waals surface area contributed by atoms with Crippen LogP contribution in [0.15, 0.2) is 17.0 Å². The molecule has 8 heteroatoms. The first-order chi connectivity index (χ1) is 8.43. The molecule has 1 aromatic rings. The fourth-order valence-electron chi connectivity index (χ4n) is 1.69. The van der Waals surface area contributed by atoms with Crippen molar-refractivity contribution in [2.75, 3.05) is 26.3 Å². The molecule has 1 aliphatic heterocycles. The summed E-state index contributed by atoms with van der Waals surface area (Å²) in [7, 11) is -4.30. The molecule has 1 saturated heterocycles. The van der Waals surface area contributed by atoms with Crippen LogP contribution < -0.4 is 0 Å². The van der Waals surface area contributed by atoms with Crippen molar-refractivity contribution in [1.82, 2.24) is 4.31 Å². The molecule has 1 aromatic carbocycles. The van der Waals surface area contributed by atoms with Gasteiger partial charge in [-0.2, -0.15) is 4.31 Å². The van der Waals surface area contributed by atoms with Gasteiger partial charge in [-0.3, -0.25) is 0 Å². The monoisotopic (exact) mass is 281 g/mol. The van der Waals surface area contributed by atoms with Crippen molar-refractivity contribution in [3.05, 3.63) is 29.6 Å². The van der Waals surface area contributed by atoms with E-state index in [1.807, 2.05) is 0 Å². The molecule has 1 aliphatic rings. The number of ether oxygens (including phenoxy) is 1. The molecule has 1 fully saturated rings. The third kappa shape index (κ3) is 2.36. The highest BCUT2D eigenvalue weighted by Crippen LogP contribution is 2.24. The lowest BCUT2D eigenvalue weighted by molar-refractivity contribution is 0.0728. The predicted octanol–water partition coefficient (Wildman–Crippen LogP) is 1.12. The van der Waals surface area contributed by atoms with Crippen LogP contribution in [0.1, 0.15) is 0 Å². The molecule has 4 nitrogen and oxygen atoms in total. The highest BCUT2D eigenvalue weighted by molar-refractivity contribution is 7.89. The number of morpholine rings is 1. The van der Waals surface area contributed by atoms with E-state index >= 15 is 0 Å². The van der Waals surface area contributed by atoms with Gasteiger partial charge in [0.2, 0.25) is 10.0 Å². The summed E-state index contributed by atoms with van der Waals surface area (Å²) in [6.45, 7) is 0.338. The Morgan fingerprint density at radius 3 is 2.06 bits per heavy atom. The smallest absolute Gasteiger partial charge is 0.249 e. The molecule has 2 rings (SSSR count). The van der Waals surface area contributed by atoms with Gasteiger partial charge < -0.3 is 4.74 Å². The van der Waals surface area contributed by atoms with Crippen LogP contribution in [-0.2, 0) is 14.8 Å². The minimum atomic E-state index is -4.30. The number of nitrogens with zero attached hydrogens (tertiary/aromatic N) is 1. The maximum atomic E-state index is 13.4. The third-order valence-electron chi connectivity index (χ3n) is 2.53. The number of rotatable bonds is 2. The first-order valence-electron chi connectivity index (χ1n) is 5.15. The van der Waals surface area contributed by atoms with Gasteiger partial charge in [0.05, 0.1) is 13.2 Å². The average Bonchev–Trinajstić information content (AvgIpc) is 2.28. The molecular formula is C10H10F3NO3S. The van der Waals surface area contributed by atoms with Crippen LogP contribution in [0.4, 0.5) is 13.2 Å². The van der Waals surface area contributed by atoms with Crippen molar-refractivity contribution in [2.24, 2.45) is 0 Å². The summed E-state index contributed by atoms with van der Waals surface area (Å²) >= 11 is 0. The van der Waals surface area contributed by atoms with Gasteiger partial charge in [0.25, 0.3) is 0 Å². The summed E-state index contributed by atoms with van der Waals surface area (Å²) < 4.78 is 69.5. The molecule has 0 amide bonds. The standard InChI is InChI=1S/C10H10F3NO3S/c11-7-5-8(12)10(9(13)6-7)18(15,16)14-1-3-17-4-2-14/h5-6H,1-4H2. The number of sulfonamides is 1. The maximum Gasteiger partial charge on any atom is 0.249 e. The maximum absolute atomic E-state index is 13.4. The Morgan fingerprint density at radius 2 is 1.56 bits per heavy atom. The van der Waals surface area contributed by atoms with Gasteiger partial charge in [-0.25, -0.2) is 21.6 Å². The molecule has 0 radical (unpaired) electrons. The lowest BCUT2D eigenvalue weighted by atomic mass is 10.3. The highest BCUT2D eigenvalue weighted by atomic mass is 32.2. The molecule has 1 heterocycles. The minimum Gasteiger partial charge on any atom is -0.379 e. The van der Waals surface area contributed by atoms with Crippen molar-refractivity contribution < 1.29 is 26.3 Å². The Labute approximate surface area is 102 Å². The van der Waals surface area contributed by atoms with Crippen LogP contribution in [0.3, 0.4) is 0 Å². The molecular weight excluding hydrogens is 271 g/mol. The largest absolute Gasteiger partial charge is 0.379 e. The van der Waals surface area contributed by atoms with Crippen LogP contribution in [0.2, 0.25) is 0 Å². The fraction of sp³-hybridized carbons (Fsp3) is 0.400. The Hall–Kier alpha value is -1.12. The zero-order chi connectivity index (χ0) is 13.3. The molecule has 100 valence electrons. The summed E-state index contributed by atoms with van der Waals surface area (Å²) in [5.41, 5.74) is 0. The van der Waals surface area contributed by atoms with Gasteiger partial charge in [0, 0.05) is 25.2 Å². The highest BCUT2D eigenvalue weighted by Gasteiger charge is 2.32. The Bertz CT molecular complexity index is 532. The van der Waals surface area contributed by atoms with Crippen molar-refractivity contribution in [2.45, 2.75) is 4.90 Å². The quantitative estimate of drug-likeness (QED) is 0.816. The SMILES string of the molecule is O=S(=O)(c1c(F)cc(F)cc1F)N1CCOCC1. The molecule has 0 bridgehead atoms. The van der Waals surface area contributed by atoms with Gasteiger partial charge in [0.15, 0.2) is 4.90 Å². The second-order valence-electron chi connectivity index (χ2n) is 3.72. The third-order valence-corrected chi connectivity index (χ3v) is 4.48. The van der Waals surface area contributed by atoms with Gasteiger partial charge in [-0.1, -0.05) is 0 Å². The predicted molar refractivity (Wildman–Crippen MR) is 55.9 cm³/mol. The van der Waals surface area contributed by atoms with E-state index in [4.69, 9.17) is 4.74 Å². The number of benzene rings is 1. The normalized spacial score (nSPS) is 17.9. The number of hydrogen-bond acceptors (Lipinski definition) is 3. The summed E-state index contributed by atoms with van der Waals surface area (Å²) in [6, 6.07) is 0.687. The summed E-state index contributed by atoms with van der Waals surface area (Å²) in [6.07, 6.45) is 0. The molecule has 0 N–H and O–H groups in total. The second kappa shape index (κ2) is 4.87. The molecule has 0 unspecified atom stereocenters. The van der Waals surface area contributed by atoms with E-state index in [9.17, 15) is 21.6 Å². The van der Waals surface area contributed by atoms with Crippen molar-refractivity contribution in [1.29, 1.82) is 0 Å². The lowest BCUT2D eigenvalue weighted by Gasteiger charge is -2.26. The molecule has 0 saturated carbocycles. The van der Waals surface area contributed by atoms with Gasteiger partial charge in [-0.15, -0.1) is 0 Å². The summed E-state index contributed by atoms with van der Waals surface area (Å²) in [5, 5.41) is 0. The Kier molecular flexibility index (Phi) is 3.60. The zero-order valence-corrected chi connectivity index (χ0v) is 10.0. The van der Waals surface area contributed by atoms with Gasteiger partial charge >= 0.3 is 0 Å². The first-order valence-corrected chi connectivity index (χ1v) is 6.59. The van der Waals surface area contributed by atoms with E-state index in [1.54, 1.807) is 0 Å². The molecule has 0 atom stereocenters. The topological polar surface area (TPSA) is 46.6 Å². The van der Waals surface area contributed by atoms with E-state index < -0.39 is 32.4 Å². The lowest BCUT2D eigenvalue weighted by Crippen LogP contribution is -2.41. The number of halogens is 3. The van der Waals surface area contributed by atoms with E-state index in [0.29, 0.717) is 12.1 Å². The van der Waals surface area contributed by atoms with Crippen molar-refractivity contribution >= 4 is 10.0 Å². The fourth-order valence-corrected chi connectivity index (χ4v) is 3.19. The summed E-state index contributed by atoms with van der Waals surface area (Å²) in [5.74, 6) is -4.02. The van der Waals surface area contributed by atoms with E-state index in [0.717, 1.165) is 4.31 Å². The van der Waals surface area contributed by atoms with Crippen LogP contribution in [0.25, 0.3) is 0 Å². The van der Waals surface area contributed by atoms with E-state index in [1.165, 1.54) is 0 Å². The molecule has 0 aliphatic carbocycles. The van der Waals surface area contributed by atoms with E-state index in [-0.39, 0.29) is 26.3 Å². The number of hydrogen-bond donors (Lipinski definition) is 0. The summed E-state index contributed by atoms with van der Waals surface area (Å²) in [4.78, 5) is -1.12. The van der Waals surface area contributed by atoms with Crippen LogP contribution >= 0.6 is 0 Å². The molecule has 0 aromatic heterocycles.